The molecule has 0 saturated carbocycles. The highest BCUT2D eigenvalue weighted by molar-refractivity contribution is 6.00. The summed E-state index contributed by atoms with van der Waals surface area (Å²) in [6.07, 6.45) is 1.08. The molecule has 1 atom stereocenters. The monoisotopic (exact) mass is 432 g/mol. The minimum absolute atomic E-state index is 0.0447. The normalized spacial score (nSPS) is 20.3. The van der Waals surface area contributed by atoms with E-state index in [4.69, 9.17) is 14.7 Å². The van der Waals surface area contributed by atoms with E-state index in [1.807, 2.05) is 35.2 Å². The van der Waals surface area contributed by atoms with E-state index in [0.717, 1.165) is 30.9 Å². The maximum Gasteiger partial charge on any atom is 0.231 e. The van der Waals surface area contributed by atoms with Crippen LogP contribution in [0, 0.1) is 17.2 Å². The number of fused-ring (bicyclic) bond motifs is 1. The molecular weight excluding hydrogens is 408 g/mol. The number of nitrogens with zero attached hydrogens (tertiary/aromatic N) is 4. The van der Waals surface area contributed by atoms with Crippen molar-refractivity contribution in [3.63, 3.8) is 0 Å². The van der Waals surface area contributed by atoms with Gasteiger partial charge in [0.2, 0.25) is 18.6 Å². The van der Waals surface area contributed by atoms with E-state index in [-0.39, 0.29) is 30.9 Å². The highest BCUT2D eigenvalue weighted by Gasteiger charge is 2.38. The third-order valence-electron chi connectivity index (χ3n) is 6.31. The fraction of sp³-hybridized carbons (Fsp3) is 0.375. The van der Waals surface area contributed by atoms with Crippen LogP contribution in [-0.4, -0.2) is 56.2 Å². The average molecular weight is 432 g/mol. The lowest BCUT2D eigenvalue weighted by molar-refractivity contribution is -0.135. The van der Waals surface area contributed by atoms with Crippen molar-refractivity contribution >= 4 is 23.2 Å². The molecule has 164 valence electrons. The molecule has 3 aliphatic rings. The van der Waals surface area contributed by atoms with Gasteiger partial charge in [0.15, 0.2) is 11.5 Å². The lowest BCUT2D eigenvalue weighted by Crippen LogP contribution is -2.40. The zero-order chi connectivity index (χ0) is 22.1. The molecule has 32 heavy (non-hydrogen) atoms. The van der Waals surface area contributed by atoms with Crippen molar-refractivity contribution in [1.82, 2.24) is 4.90 Å². The van der Waals surface area contributed by atoms with Gasteiger partial charge in [-0.2, -0.15) is 5.26 Å². The van der Waals surface area contributed by atoms with Gasteiger partial charge in [-0.3, -0.25) is 9.59 Å². The smallest absolute Gasteiger partial charge is 0.231 e. The Bertz CT molecular complexity index is 1080. The minimum Gasteiger partial charge on any atom is -0.454 e. The van der Waals surface area contributed by atoms with Crippen molar-refractivity contribution in [3.05, 3.63) is 48.0 Å². The first-order valence-corrected chi connectivity index (χ1v) is 10.9. The van der Waals surface area contributed by atoms with Crippen LogP contribution in [0.1, 0.15) is 18.4 Å². The van der Waals surface area contributed by atoms with E-state index in [0.29, 0.717) is 36.7 Å². The topological polar surface area (TPSA) is 86.1 Å². The third-order valence-corrected chi connectivity index (χ3v) is 6.31. The molecule has 0 spiro atoms. The molecule has 0 bridgehead atoms. The molecule has 2 fully saturated rings. The lowest BCUT2D eigenvalue weighted by Gasteiger charge is -2.25. The molecule has 0 aromatic heterocycles. The van der Waals surface area contributed by atoms with E-state index < -0.39 is 0 Å². The van der Waals surface area contributed by atoms with Gasteiger partial charge in [-0.25, -0.2) is 0 Å². The summed E-state index contributed by atoms with van der Waals surface area (Å²) < 4.78 is 10.8. The first-order valence-electron chi connectivity index (χ1n) is 10.9. The van der Waals surface area contributed by atoms with Gasteiger partial charge >= 0.3 is 0 Å². The zero-order valence-electron chi connectivity index (χ0n) is 17.7. The molecule has 3 aliphatic heterocycles. The van der Waals surface area contributed by atoms with Gasteiger partial charge in [0, 0.05) is 56.6 Å². The van der Waals surface area contributed by atoms with Gasteiger partial charge in [-0.1, -0.05) is 0 Å². The second kappa shape index (κ2) is 8.42. The molecule has 8 heteroatoms. The predicted molar refractivity (Wildman–Crippen MR) is 118 cm³/mol. The van der Waals surface area contributed by atoms with Crippen molar-refractivity contribution in [3.8, 4) is 17.6 Å². The van der Waals surface area contributed by atoms with Crippen molar-refractivity contribution in [2.24, 2.45) is 5.92 Å². The zero-order valence-corrected chi connectivity index (χ0v) is 17.7. The summed E-state index contributed by atoms with van der Waals surface area (Å²) >= 11 is 0. The first kappa shape index (κ1) is 20.2. The Morgan fingerprint density at radius 3 is 2.56 bits per heavy atom. The van der Waals surface area contributed by atoms with Crippen LogP contribution in [0.2, 0.25) is 0 Å². The Morgan fingerprint density at radius 2 is 1.75 bits per heavy atom. The number of rotatable bonds is 3. The first-order chi connectivity index (χ1) is 15.6. The number of hydrogen-bond donors (Lipinski definition) is 0. The maximum absolute atomic E-state index is 13.2. The van der Waals surface area contributed by atoms with Crippen molar-refractivity contribution < 1.29 is 19.1 Å². The summed E-state index contributed by atoms with van der Waals surface area (Å²) in [5.41, 5.74) is 2.43. The number of carbonyl (C=O) groups is 2. The summed E-state index contributed by atoms with van der Waals surface area (Å²) in [7, 11) is 0. The van der Waals surface area contributed by atoms with E-state index in [9.17, 15) is 9.59 Å². The number of benzene rings is 2. The van der Waals surface area contributed by atoms with Gasteiger partial charge in [0.25, 0.3) is 0 Å². The highest BCUT2D eigenvalue weighted by Crippen LogP contribution is 2.37. The highest BCUT2D eigenvalue weighted by atomic mass is 16.7. The largest absolute Gasteiger partial charge is 0.454 e. The van der Waals surface area contributed by atoms with Crippen LogP contribution >= 0.6 is 0 Å². The Balaban J connectivity index is 1.22. The molecule has 8 nitrogen and oxygen atoms in total. The van der Waals surface area contributed by atoms with Crippen LogP contribution in [0.15, 0.2) is 42.5 Å². The molecule has 2 aromatic rings. The van der Waals surface area contributed by atoms with Gasteiger partial charge < -0.3 is 24.2 Å². The fourth-order valence-corrected chi connectivity index (χ4v) is 4.58. The van der Waals surface area contributed by atoms with Crippen LogP contribution in [0.5, 0.6) is 11.5 Å². The molecule has 3 heterocycles. The minimum atomic E-state index is -0.339. The number of anilines is 2. The summed E-state index contributed by atoms with van der Waals surface area (Å²) in [5.74, 6) is 0.957. The number of nitriles is 1. The van der Waals surface area contributed by atoms with Crippen LogP contribution in [0.25, 0.3) is 0 Å². The van der Waals surface area contributed by atoms with Crippen LogP contribution < -0.4 is 19.3 Å². The Morgan fingerprint density at radius 1 is 0.969 bits per heavy atom. The van der Waals surface area contributed by atoms with Crippen LogP contribution in [0.3, 0.4) is 0 Å². The third kappa shape index (κ3) is 3.82. The molecule has 2 aromatic carbocycles. The molecule has 1 unspecified atom stereocenters. The summed E-state index contributed by atoms with van der Waals surface area (Å²) in [4.78, 5) is 31.7. The number of amides is 2. The number of hydrogen-bond acceptors (Lipinski definition) is 6. The average Bonchev–Trinajstić information content (AvgIpc) is 3.37. The number of ether oxygens (including phenoxy) is 2. The standard InChI is InChI=1S/C24H24N4O4/c25-14-17-2-4-19(5-3-17)26-8-1-9-27(11-10-26)24(30)18-12-23(29)28(15-18)20-6-7-21-22(13-20)32-16-31-21/h2-7,13,18H,1,8-12,15-16H2. The van der Waals surface area contributed by atoms with Crippen LogP contribution in [0.4, 0.5) is 11.4 Å². The molecule has 0 N–H and O–H groups in total. The van der Waals surface area contributed by atoms with Gasteiger partial charge in [0.05, 0.1) is 17.6 Å². The van der Waals surface area contributed by atoms with E-state index in [1.54, 1.807) is 17.0 Å². The SMILES string of the molecule is N#Cc1ccc(N2CCCN(C(=O)C3CC(=O)N(c4ccc5c(c4)OCO5)C3)CC2)cc1. The summed E-state index contributed by atoms with van der Waals surface area (Å²) in [6.45, 7) is 3.44. The fourth-order valence-electron chi connectivity index (χ4n) is 4.58. The maximum atomic E-state index is 13.2. The van der Waals surface area contributed by atoms with Gasteiger partial charge in [-0.05, 0) is 42.8 Å². The van der Waals surface area contributed by atoms with Crippen LogP contribution in [-0.2, 0) is 9.59 Å². The van der Waals surface area contributed by atoms with Gasteiger partial charge in [0.1, 0.15) is 0 Å². The van der Waals surface area contributed by atoms with E-state index >= 15 is 0 Å². The second-order valence-corrected chi connectivity index (χ2v) is 8.27. The molecular formula is C24H24N4O4. The lowest BCUT2D eigenvalue weighted by atomic mass is 10.1. The van der Waals surface area contributed by atoms with Gasteiger partial charge in [-0.15, -0.1) is 0 Å². The molecule has 2 saturated heterocycles. The quantitative estimate of drug-likeness (QED) is 0.740. The Labute approximate surface area is 186 Å². The van der Waals surface area contributed by atoms with Crippen molar-refractivity contribution in [2.75, 3.05) is 49.3 Å². The number of carbonyl (C=O) groups excluding carboxylic acids is 2. The van der Waals surface area contributed by atoms with E-state index in [2.05, 4.69) is 11.0 Å². The van der Waals surface area contributed by atoms with Crippen molar-refractivity contribution in [2.45, 2.75) is 12.8 Å². The summed E-state index contributed by atoms with van der Waals surface area (Å²) in [5, 5.41) is 8.99. The predicted octanol–water partition coefficient (Wildman–Crippen LogP) is 2.38. The molecule has 0 aliphatic carbocycles. The Kier molecular flexibility index (Phi) is 5.31. The Hall–Kier alpha value is -3.73. The molecule has 5 rings (SSSR count). The molecule has 0 radical (unpaired) electrons. The molecule has 2 amide bonds. The summed E-state index contributed by atoms with van der Waals surface area (Å²) in [6, 6.07) is 15.1. The van der Waals surface area contributed by atoms with Crippen molar-refractivity contribution in [1.29, 1.82) is 5.26 Å². The van der Waals surface area contributed by atoms with E-state index in [1.165, 1.54) is 0 Å². The second-order valence-electron chi connectivity index (χ2n) is 8.27.